The Morgan fingerprint density at radius 1 is 1.36 bits per heavy atom. The number of hydrogen-bond acceptors (Lipinski definition) is 2. The van der Waals surface area contributed by atoms with Crippen molar-refractivity contribution in [3.8, 4) is 0 Å². The van der Waals surface area contributed by atoms with Crippen molar-refractivity contribution in [2.24, 2.45) is 23.5 Å². The van der Waals surface area contributed by atoms with Crippen molar-refractivity contribution in [3.63, 3.8) is 0 Å². The molecule has 14 heavy (non-hydrogen) atoms. The van der Waals surface area contributed by atoms with E-state index in [1.807, 2.05) is 0 Å². The lowest BCUT2D eigenvalue weighted by molar-refractivity contribution is -0.141. The van der Waals surface area contributed by atoms with Crippen LogP contribution in [0.2, 0.25) is 0 Å². The molecule has 2 atom stereocenters. The molecule has 0 saturated carbocycles. The van der Waals surface area contributed by atoms with Crippen LogP contribution in [0.1, 0.15) is 40.0 Å². The lowest BCUT2D eigenvalue weighted by atomic mass is 9.86. The number of aliphatic carboxylic acids is 1. The SMILES string of the molecule is CCC(CCC(CN)C(=O)O)C(C)C. The van der Waals surface area contributed by atoms with E-state index in [0.29, 0.717) is 18.3 Å². The van der Waals surface area contributed by atoms with E-state index in [4.69, 9.17) is 10.8 Å². The fourth-order valence-electron chi connectivity index (χ4n) is 1.77. The van der Waals surface area contributed by atoms with Crippen LogP contribution in [0.3, 0.4) is 0 Å². The topological polar surface area (TPSA) is 63.3 Å². The van der Waals surface area contributed by atoms with Gasteiger partial charge in [0.2, 0.25) is 0 Å². The summed E-state index contributed by atoms with van der Waals surface area (Å²) in [6.07, 6.45) is 2.80. The van der Waals surface area contributed by atoms with Crippen molar-refractivity contribution >= 4 is 5.97 Å². The molecule has 0 bridgehead atoms. The van der Waals surface area contributed by atoms with Crippen LogP contribution in [0.15, 0.2) is 0 Å². The molecule has 0 rings (SSSR count). The molecule has 0 fully saturated rings. The van der Waals surface area contributed by atoms with Gasteiger partial charge in [0.05, 0.1) is 5.92 Å². The summed E-state index contributed by atoms with van der Waals surface area (Å²) in [4.78, 5) is 10.7. The molecule has 0 radical (unpaired) electrons. The van der Waals surface area contributed by atoms with Gasteiger partial charge in [0.15, 0.2) is 0 Å². The minimum absolute atomic E-state index is 0.254. The zero-order chi connectivity index (χ0) is 11.1. The molecule has 3 N–H and O–H groups in total. The lowest BCUT2D eigenvalue weighted by Gasteiger charge is -2.20. The predicted molar refractivity (Wildman–Crippen MR) is 58.0 cm³/mol. The second-order valence-electron chi connectivity index (χ2n) is 4.26. The molecular formula is C11H23NO2. The average Bonchev–Trinajstić information content (AvgIpc) is 2.11. The summed E-state index contributed by atoms with van der Waals surface area (Å²) < 4.78 is 0. The minimum atomic E-state index is -0.758. The second kappa shape index (κ2) is 6.82. The van der Waals surface area contributed by atoms with Crippen LogP contribution in [0.4, 0.5) is 0 Å². The predicted octanol–water partition coefficient (Wildman–Crippen LogP) is 2.11. The molecule has 0 aliphatic carbocycles. The molecule has 0 aliphatic rings. The summed E-state index contributed by atoms with van der Waals surface area (Å²) in [5.74, 6) is 0.143. The summed E-state index contributed by atoms with van der Waals surface area (Å²) in [6.45, 7) is 6.78. The van der Waals surface area contributed by atoms with Gasteiger partial charge in [-0.2, -0.15) is 0 Å². The molecule has 0 aliphatic heterocycles. The maximum absolute atomic E-state index is 10.7. The van der Waals surface area contributed by atoms with E-state index in [0.717, 1.165) is 12.8 Å². The quantitative estimate of drug-likeness (QED) is 0.663. The van der Waals surface area contributed by atoms with E-state index in [1.165, 1.54) is 0 Å². The molecule has 0 saturated heterocycles. The Bertz CT molecular complexity index is 169. The Kier molecular flexibility index (Phi) is 6.54. The number of rotatable bonds is 7. The summed E-state index contributed by atoms with van der Waals surface area (Å²) in [5, 5.41) is 8.82. The molecule has 0 aromatic carbocycles. The Balaban J connectivity index is 3.94. The zero-order valence-electron chi connectivity index (χ0n) is 9.49. The molecule has 3 nitrogen and oxygen atoms in total. The molecule has 0 amide bonds. The van der Waals surface area contributed by atoms with Crippen LogP contribution in [0.5, 0.6) is 0 Å². The molecule has 0 aromatic rings. The molecule has 0 heterocycles. The Labute approximate surface area is 86.7 Å². The number of nitrogens with two attached hydrogens (primary N) is 1. The third-order valence-electron chi connectivity index (χ3n) is 2.99. The fraction of sp³-hybridized carbons (Fsp3) is 0.909. The van der Waals surface area contributed by atoms with E-state index in [1.54, 1.807) is 0 Å². The summed E-state index contributed by atoms with van der Waals surface area (Å²) in [7, 11) is 0. The van der Waals surface area contributed by atoms with E-state index in [-0.39, 0.29) is 12.5 Å². The minimum Gasteiger partial charge on any atom is -0.481 e. The fourth-order valence-corrected chi connectivity index (χ4v) is 1.77. The number of carboxylic acid groups (broad SMARTS) is 1. The van der Waals surface area contributed by atoms with Crippen molar-refractivity contribution < 1.29 is 9.90 Å². The lowest BCUT2D eigenvalue weighted by Crippen LogP contribution is -2.24. The third-order valence-corrected chi connectivity index (χ3v) is 2.99. The Morgan fingerprint density at radius 2 is 1.93 bits per heavy atom. The maximum atomic E-state index is 10.7. The smallest absolute Gasteiger partial charge is 0.307 e. The van der Waals surface area contributed by atoms with Crippen molar-refractivity contribution in [1.82, 2.24) is 0 Å². The van der Waals surface area contributed by atoms with Gasteiger partial charge in [-0.05, 0) is 24.7 Å². The van der Waals surface area contributed by atoms with Gasteiger partial charge in [0, 0.05) is 6.54 Å². The highest BCUT2D eigenvalue weighted by Gasteiger charge is 2.18. The van der Waals surface area contributed by atoms with Crippen LogP contribution in [-0.4, -0.2) is 17.6 Å². The largest absolute Gasteiger partial charge is 0.481 e. The second-order valence-corrected chi connectivity index (χ2v) is 4.26. The summed E-state index contributed by atoms with van der Waals surface area (Å²) in [5.41, 5.74) is 5.40. The zero-order valence-corrected chi connectivity index (χ0v) is 9.49. The van der Waals surface area contributed by atoms with Gasteiger partial charge in [-0.1, -0.05) is 27.2 Å². The highest BCUT2D eigenvalue weighted by atomic mass is 16.4. The molecule has 2 unspecified atom stereocenters. The number of hydrogen-bond donors (Lipinski definition) is 2. The maximum Gasteiger partial charge on any atom is 0.307 e. The van der Waals surface area contributed by atoms with E-state index in [9.17, 15) is 4.79 Å². The first kappa shape index (κ1) is 13.4. The first-order valence-electron chi connectivity index (χ1n) is 5.45. The van der Waals surface area contributed by atoms with Gasteiger partial charge in [-0.3, -0.25) is 4.79 Å². The van der Waals surface area contributed by atoms with Crippen LogP contribution in [-0.2, 0) is 4.79 Å². The van der Waals surface area contributed by atoms with E-state index in [2.05, 4.69) is 20.8 Å². The molecular weight excluding hydrogens is 178 g/mol. The highest BCUT2D eigenvalue weighted by Crippen LogP contribution is 2.22. The van der Waals surface area contributed by atoms with Crippen LogP contribution in [0, 0.1) is 17.8 Å². The number of carbonyl (C=O) groups is 1. The van der Waals surface area contributed by atoms with Crippen molar-refractivity contribution in [3.05, 3.63) is 0 Å². The Hall–Kier alpha value is -0.570. The van der Waals surface area contributed by atoms with Gasteiger partial charge < -0.3 is 10.8 Å². The van der Waals surface area contributed by atoms with Gasteiger partial charge in [0.1, 0.15) is 0 Å². The summed E-state index contributed by atoms with van der Waals surface area (Å²) >= 11 is 0. The highest BCUT2D eigenvalue weighted by molar-refractivity contribution is 5.70. The van der Waals surface area contributed by atoms with Gasteiger partial charge in [-0.25, -0.2) is 0 Å². The van der Waals surface area contributed by atoms with Gasteiger partial charge >= 0.3 is 5.97 Å². The van der Waals surface area contributed by atoms with Gasteiger partial charge in [0.25, 0.3) is 0 Å². The molecule has 84 valence electrons. The average molecular weight is 201 g/mol. The van der Waals surface area contributed by atoms with E-state index < -0.39 is 5.97 Å². The van der Waals surface area contributed by atoms with Crippen LogP contribution < -0.4 is 5.73 Å². The molecule has 0 spiro atoms. The normalized spacial score (nSPS) is 15.5. The first-order valence-corrected chi connectivity index (χ1v) is 5.45. The first-order chi connectivity index (χ1) is 6.52. The van der Waals surface area contributed by atoms with Crippen LogP contribution >= 0.6 is 0 Å². The summed E-state index contributed by atoms with van der Waals surface area (Å²) in [6, 6.07) is 0. The molecule has 3 heteroatoms. The van der Waals surface area contributed by atoms with Crippen LogP contribution in [0.25, 0.3) is 0 Å². The van der Waals surface area contributed by atoms with Crippen molar-refractivity contribution in [2.45, 2.75) is 40.0 Å². The Morgan fingerprint density at radius 3 is 2.21 bits per heavy atom. The van der Waals surface area contributed by atoms with Gasteiger partial charge in [-0.15, -0.1) is 0 Å². The number of carboxylic acids is 1. The van der Waals surface area contributed by atoms with E-state index >= 15 is 0 Å². The van der Waals surface area contributed by atoms with Crippen molar-refractivity contribution in [1.29, 1.82) is 0 Å². The molecule has 0 aromatic heterocycles. The monoisotopic (exact) mass is 201 g/mol. The third kappa shape index (κ3) is 4.61. The standard InChI is InChI=1S/C11H23NO2/c1-4-9(8(2)3)5-6-10(7-12)11(13)14/h8-10H,4-7,12H2,1-3H3,(H,13,14). The van der Waals surface area contributed by atoms with Crippen molar-refractivity contribution in [2.75, 3.05) is 6.54 Å².